The molecule has 34 heavy (non-hydrogen) atoms. The van der Waals surface area contributed by atoms with Crippen molar-refractivity contribution in [1.29, 1.82) is 0 Å². The molecule has 0 aliphatic heterocycles. The molecule has 0 radical (unpaired) electrons. The zero-order valence-corrected chi connectivity index (χ0v) is 18.7. The van der Waals surface area contributed by atoms with Crippen molar-refractivity contribution < 1.29 is 41.1 Å². The molecule has 0 aromatic heterocycles. The Morgan fingerprint density at radius 2 is 1.41 bits per heavy atom. The van der Waals surface area contributed by atoms with E-state index in [9.17, 15) is 31.6 Å². The van der Waals surface area contributed by atoms with Crippen molar-refractivity contribution >= 4 is 27.8 Å². The Bertz CT molecular complexity index is 1220. The van der Waals surface area contributed by atoms with Crippen molar-refractivity contribution in [2.24, 2.45) is 0 Å². The van der Waals surface area contributed by atoms with Crippen LogP contribution in [0, 0.1) is 0 Å². The topological polar surface area (TPSA) is 93.1 Å². The third kappa shape index (κ3) is 6.86. The number of alkyl halides is 3. The summed E-state index contributed by atoms with van der Waals surface area (Å²) in [6.07, 6.45) is -4.70. The molecule has 3 rings (SSSR count). The highest BCUT2D eigenvalue weighted by atomic mass is 35.5. The van der Waals surface area contributed by atoms with Gasteiger partial charge in [-0.05, 0) is 66.2 Å². The fraction of sp³-hybridized carbons (Fsp3) is 0.136. The number of nitrogens with zero attached hydrogens (tertiary/aromatic N) is 1. The van der Waals surface area contributed by atoms with Crippen LogP contribution in [0.1, 0.15) is 11.6 Å². The molecular formula is C22H17ClF3NO6S. The molecule has 0 saturated heterocycles. The number of ether oxygens (including phenoxy) is 2. The first-order chi connectivity index (χ1) is 16.0. The predicted molar refractivity (Wildman–Crippen MR) is 116 cm³/mol. The molecule has 12 heteroatoms. The minimum atomic E-state index is -4.81. The van der Waals surface area contributed by atoms with E-state index in [4.69, 9.17) is 16.3 Å². The second kappa shape index (κ2) is 10.3. The van der Waals surface area contributed by atoms with E-state index >= 15 is 0 Å². The largest absolute Gasteiger partial charge is 0.573 e. The Morgan fingerprint density at radius 3 is 1.91 bits per heavy atom. The summed E-state index contributed by atoms with van der Waals surface area (Å²) in [5, 5.41) is 10.6. The molecule has 0 aliphatic carbocycles. The summed E-state index contributed by atoms with van der Waals surface area (Å²) in [6.45, 7) is 0. The number of carbonyl (C=O) groups is 1. The zero-order chi connectivity index (χ0) is 24.9. The van der Waals surface area contributed by atoms with Gasteiger partial charge in [0.25, 0.3) is 0 Å². The maximum atomic E-state index is 12.9. The van der Waals surface area contributed by atoms with Crippen LogP contribution in [-0.2, 0) is 14.6 Å². The maximum absolute atomic E-state index is 12.9. The van der Waals surface area contributed by atoms with E-state index in [2.05, 4.69) is 4.74 Å². The van der Waals surface area contributed by atoms with Crippen molar-refractivity contribution in [1.82, 2.24) is 5.06 Å². The summed E-state index contributed by atoms with van der Waals surface area (Å²) >= 11 is 5.84. The van der Waals surface area contributed by atoms with Gasteiger partial charge in [0.2, 0.25) is 6.41 Å². The van der Waals surface area contributed by atoms with E-state index in [0.29, 0.717) is 10.6 Å². The molecule has 3 aromatic rings. The van der Waals surface area contributed by atoms with E-state index in [-0.39, 0.29) is 27.9 Å². The summed E-state index contributed by atoms with van der Waals surface area (Å²) in [7, 11) is -3.96. The number of hydroxylamine groups is 2. The van der Waals surface area contributed by atoms with Gasteiger partial charge >= 0.3 is 6.36 Å². The van der Waals surface area contributed by atoms with Gasteiger partial charge in [0.1, 0.15) is 17.2 Å². The van der Waals surface area contributed by atoms with Gasteiger partial charge in [-0.3, -0.25) is 10.0 Å². The van der Waals surface area contributed by atoms with Crippen LogP contribution in [0.5, 0.6) is 17.2 Å². The monoisotopic (exact) mass is 515 g/mol. The van der Waals surface area contributed by atoms with Gasteiger partial charge in [-0.2, -0.15) is 0 Å². The lowest BCUT2D eigenvalue weighted by Crippen LogP contribution is -2.30. The average molecular weight is 516 g/mol. The molecule has 0 heterocycles. The number of carbonyl (C=O) groups excluding carboxylic acids is 1. The summed E-state index contributed by atoms with van der Waals surface area (Å²) in [6, 6.07) is 14.8. The molecule has 7 nitrogen and oxygen atoms in total. The normalized spacial score (nSPS) is 12.6. The lowest BCUT2D eigenvalue weighted by Gasteiger charge is -2.23. The average Bonchev–Trinajstić information content (AvgIpc) is 2.78. The van der Waals surface area contributed by atoms with Crippen molar-refractivity contribution in [3.63, 3.8) is 0 Å². The zero-order valence-electron chi connectivity index (χ0n) is 17.1. The molecule has 0 bridgehead atoms. The molecular weight excluding hydrogens is 499 g/mol. The lowest BCUT2D eigenvalue weighted by molar-refractivity contribution is -0.274. The highest BCUT2D eigenvalue weighted by molar-refractivity contribution is 7.91. The van der Waals surface area contributed by atoms with Crippen LogP contribution in [0.3, 0.4) is 0 Å². The third-order valence-corrected chi connectivity index (χ3v) is 6.53. The Balaban J connectivity index is 1.73. The minimum absolute atomic E-state index is 0.0907. The first-order valence-corrected chi connectivity index (χ1v) is 11.5. The summed E-state index contributed by atoms with van der Waals surface area (Å²) < 4.78 is 71.8. The molecule has 0 spiro atoms. The first-order valence-electron chi connectivity index (χ1n) is 9.51. The Kier molecular flexibility index (Phi) is 7.70. The highest BCUT2D eigenvalue weighted by Crippen LogP contribution is 2.29. The van der Waals surface area contributed by atoms with Crippen LogP contribution in [0.4, 0.5) is 13.2 Å². The van der Waals surface area contributed by atoms with Crippen molar-refractivity contribution in [3.8, 4) is 17.2 Å². The molecule has 1 atom stereocenters. The van der Waals surface area contributed by atoms with Gasteiger partial charge in [0, 0.05) is 5.02 Å². The Labute approximate surface area is 197 Å². The van der Waals surface area contributed by atoms with E-state index in [1.54, 1.807) is 0 Å². The number of benzene rings is 3. The van der Waals surface area contributed by atoms with Gasteiger partial charge in [-0.1, -0.05) is 23.7 Å². The number of hydrogen-bond donors (Lipinski definition) is 1. The predicted octanol–water partition coefficient (Wildman–Crippen LogP) is 5.39. The van der Waals surface area contributed by atoms with Crippen LogP contribution in [0.15, 0.2) is 77.7 Å². The highest BCUT2D eigenvalue weighted by Gasteiger charge is 2.31. The maximum Gasteiger partial charge on any atom is 0.573 e. The Morgan fingerprint density at radius 1 is 0.912 bits per heavy atom. The van der Waals surface area contributed by atoms with Crippen LogP contribution >= 0.6 is 11.6 Å². The van der Waals surface area contributed by atoms with Crippen LogP contribution in [0.2, 0.25) is 5.02 Å². The third-order valence-electron chi connectivity index (χ3n) is 4.54. The molecule has 180 valence electrons. The number of amides is 1. The number of rotatable bonds is 9. The lowest BCUT2D eigenvalue weighted by atomic mass is 10.1. The van der Waals surface area contributed by atoms with E-state index in [0.717, 1.165) is 12.1 Å². The SMILES string of the molecule is O=CN(O)C(CS(=O)(=O)c1ccc(Oc2ccc(OC(F)(F)F)cc2)cc1)c1ccc(Cl)cc1. The number of hydrogen-bond acceptors (Lipinski definition) is 6. The standard InChI is InChI=1S/C22H17ClF3NO6S/c23-16-3-1-15(2-4-16)21(27(29)14-28)13-34(30,31)20-11-9-18(10-12-20)32-17-5-7-19(8-6-17)33-22(24,25)26/h1-12,14,21,29H,13H2. The fourth-order valence-electron chi connectivity index (χ4n) is 2.95. The van der Waals surface area contributed by atoms with Gasteiger partial charge in [0.15, 0.2) is 9.84 Å². The van der Waals surface area contributed by atoms with Crippen molar-refractivity contribution in [2.45, 2.75) is 17.3 Å². The molecule has 0 aliphatic rings. The fourth-order valence-corrected chi connectivity index (χ4v) is 4.58. The molecule has 0 saturated carbocycles. The summed E-state index contributed by atoms with van der Waals surface area (Å²) in [4.78, 5) is 11.0. The minimum Gasteiger partial charge on any atom is -0.457 e. The van der Waals surface area contributed by atoms with E-state index in [1.807, 2.05) is 0 Å². The van der Waals surface area contributed by atoms with Crippen LogP contribution in [0.25, 0.3) is 0 Å². The first kappa shape index (κ1) is 25.3. The molecule has 1 unspecified atom stereocenters. The number of sulfone groups is 1. The second-order valence-corrected chi connectivity index (χ2v) is 9.40. The van der Waals surface area contributed by atoms with Gasteiger partial charge in [-0.15, -0.1) is 13.2 Å². The van der Waals surface area contributed by atoms with Gasteiger partial charge in [-0.25, -0.2) is 13.5 Å². The van der Waals surface area contributed by atoms with E-state index < -0.39 is 33.7 Å². The summed E-state index contributed by atoms with van der Waals surface area (Å²) in [5.41, 5.74) is 0.362. The smallest absolute Gasteiger partial charge is 0.457 e. The Hall–Kier alpha value is -3.28. The second-order valence-electron chi connectivity index (χ2n) is 6.93. The molecule has 1 N–H and O–H groups in total. The number of halogens is 4. The quantitative estimate of drug-likeness (QED) is 0.233. The molecule has 0 fully saturated rings. The molecule has 1 amide bonds. The van der Waals surface area contributed by atoms with Gasteiger partial charge < -0.3 is 9.47 Å². The van der Waals surface area contributed by atoms with Crippen LogP contribution < -0.4 is 9.47 Å². The van der Waals surface area contributed by atoms with Crippen molar-refractivity contribution in [2.75, 3.05) is 5.75 Å². The van der Waals surface area contributed by atoms with Gasteiger partial charge in [0.05, 0.1) is 16.7 Å². The van der Waals surface area contributed by atoms with E-state index in [1.165, 1.54) is 60.7 Å². The molecule has 3 aromatic carbocycles. The summed E-state index contributed by atoms with van der Waals surface area (Å²) in [5.74, 6) is -0.584. The van der Waals surface area contributed by atoms with Crippen molar-refractivity contribution in [3.05, 3.63) is 83.4 Å². The van der Waals surface area contributed by atoms with Crippen LogP contribution in [-0.4, -0.2) is 37.2 Å².